The number of carboxylic acids is 1. The maximum absolute atomic E-state index is 10.9. The van der Waals surface area contributed by atoms with E-state index in [1.807, 2.05) is 0 Å². The van der Waals surface area contributed by atoms with Crippen molar-refractivity contribution in [3.63, 3.8) is 0 Å². The van der Waals surface area contributed by atoms with E-state index in [1.54, 1.807) is 12.1 Å². The number of aromatic nitrogens is 1. The van der Waals surface area contributed by atoms with Gasteiger partial charge in [0.05, 0.1) is 5.02 Å². The molecule has 0 bridgehead atoms. The molecule has 1 heterocycles. The Balaban J connectivity index is 2.08. The van der Waals surface area contributed by atoms with Crippen molar-refractivity contribution in [1.29, 1.82) is 0 Å². The summed E-state index contributed by atoms with van der Waals surface area (Å²) >= 11 is 5.79. The van der Waals surface area contributed by atoms with Gasteiger partial charge in [-0.15, -0.1) is 0 Å². The van der Waals surface area contributed by atoms with Gasteiger partial charge in [0.2, 0.25) is 0 Å². The van der Waals surface area contributed by atoms with Gasteiger partial charge < -0.3 is 10.4 Å². The predicted molar refractivity (Wildman–Crippen MR) is 71.3 cm³/mol. The topological polar surface area (TPSA) is 62.2 Å². The number of carboxylic acid groups (broad SMARTS) is 1. The number of pyridine rings is 1. The highest BCUT2D eigenvalue weighted by Gasteiger charge is 2.15. The lowest BCUT2D eigenvalue weighted by molar-refractivity contribution is 0.0691. The Bertz CT molecular complexity index is 429. The normalized spacial score (nSPS) is 17.2. The molecule has 0 amide bonds. The molecule has 0 radical (unpaired) electrons. The lowest BCUT2D eigenvalue weighted by Crippen LogP contribution is -2.19. The summed E-state index contributed by atoms with van der Waals surface area (Å²) < 4.78 is 0. The Morgan fingerprint density at radius 1 is 1.28 bits per heavy atom. The van der Waals surface area contributed by atoms with Gasteiger partial charge in [0.1, 0.15) is 5.82 Å². The molecule has 2 rings (SSSR count). The van der Waals surface area contributed by atoms with E-state index in [1.165, 1.54) is 25.7 Å². The summed E-state index contributed by atoms with van der Waals surface area (Å²) in [6.07, 6.45) is 7.24. The molecule has 1 saturated carbocycles. The molecule has 1 fully saturated rings. The number of nitrogens with one attached hydrogen (secondary N) is 1. The van der Waals surface area contributed by atoms with E-state index in [2.05, 4.69) is 10.3 Å². The van der Waals surface area contributed by atoms with Gasteiger partial charge in [-0.25, -0.2) is 9.78 Å². The Hall–Kier alpha value is -1.29. The molecule has 4 nitrogen and oxygen atoms in total. The summed E-state index contributed by atoms with van der Waals surface area (Å²) in [4.78, 5) is 15.0. The SMILES string of the molecule is O=C(O)c1nc(NC2CCCCCC2)ccc1Cl. The zero-order chi connectivity index (χ0) is 13.0. The summed E-state index contributed by atoms with van der Waals surface area (Å²) in [5.41, 5.74) is -0.0877. The first kappa shape index (κ1) is 13.1. The standard InChI is InChI=1S/C13H17ClN2O2/c14-10-7-8-11(16-12(10)13(17)18)15-9-5-3-1-2-4-6-9/h7-9H,1-6H2,(H,15,16)(H,17,18). The van der Waals surface area contributed by atoms with Crippen LogP contribution in [0.3, 0.4) is 0 Å². The smallest absolute Gasteiger partial charge is 0.356 e. The maximum Gasteiger partial charge on any atom is 0.356 e. The molecule has 5 heteroatoms. The molecule has 18 heavy (non-hydrogen) atoms. The van der Waals surface area contributed by atoms with Crippen LogP contribution in [0.2, 0.25) is 5.02 Å². The molecule has 98 valence electrons. The second-order valence-electron chi connectivity index (χ2n) is 4.66. The minimum atomic E-state index is -1.09. The van der Waals surface area contributed by atoms with Crippen molar-refractivity contribution in [3.05, 3.63) is 22.8 Å². The number of anilines is 1. The van der Waals surface area contributed by atoms with Gasteiger partial charge in [0, 0.05) is 6.04 Å². The minimum absolute atomic E-state index is 0.0877. The van der Waals surface area contributed by atoms with Crippen LogP contribution in [0.5, 0.6) is 0 Å². The van der Waals surface area contributed by atoms with Crippen LogP contribution in [0, 0.1) is 0 Å². The van der Waals surface area contributed by atoms with Gasteiger partial charge in [-0.05, 0) is 25.0 Å². The van der Waals surface area contributed by atoms with Crippen LogP contribution < -0.4 is 5.32 Å². The monoisotopic (exact) mass is 268 g/mol. The number of carbonyl (C=O) groups is 1. The fraction of sp³-hybridized carbons (Fsp3) is 0.538. The van der Waals surface area contributed by atoms with Crippen LogP contribution >= 0.6 is 11.6 Å². The predicted octanol–water partition coefficient (Wildman–Crippen LogP) is 3.57. The van der Waals surface area contributed by atoms with Crippen molar-refractivity contribution in [1.82, 2.24) is 4.98 Å². The highest BCUT2D eigenvalue weighted by atomic mass is 35.5. The van der Waals surface area contributed by atoms with E-state index in [0.29, 0.717) is 11.9 Å². The summed E-state index contributed by atoms with van der Waals surface area (Å²) in [5.74, 6) is -0.492. The first-order chi connectivity index (χ1) is 8.66. The van der Waals surface area contributed by atoms with Crippen LogP contribution in [0.15, 0.2) is 12.1 Å². The Kier molecular flexibility index (Phi) is 4.42. The van der Waals surface area contributed by atoms with Gasteiger partial charge in [-0.2, -0.15) is 0 Å². The van der Waals surface area contributed by atoms with E-state index in [4.69, 9.17) is 16.7 Å². The van der Waals surface area contributed by atoms with E-state index in [-0.39, 0.29) is 10.7 Å². The molecule has 1 aliphatic carbocycles. The molecule has 0 aliphatic heterocycles. The molecule has 1 aliphatic rings. The van der Waals surface area contributed by atoms with Crippen LogP contribution in [-0.2, 0) is 0 Å². The van der Waals surface area contributed by atoms with Crippen molar-refractivity contribution in [2.24, 2.45) is 0 Å². The van der Waals surface area contributed by atoms with Gasteiger partial charge in [0.15, 0.2) is 5.69 Å². The molecule has 0 spiro atoms. The highest BCUT2D eigenvalue weighted by Crippen LogP contribution is 2.22. The van der Waals surface area contributed by atoms with Crippen LogP contribution in [0.4, 0.5) is 5.82 Å². The van der Waals surface area contributed by atoms with Crippen molar-refractivity contribution in [3.8, 4) is 0 Å². The number of hydrogen-bond donors (Lipinski definition) is 2. The number of aromatic carboxylic acids is 1. The van der Waals surface area contributed by atoms with Gasteiger partial charge >= 0.3 is 5.97 Å². The second-order valence-corrected chi connectivity index (χ2v) is 5.07. The average Bonchev–Trinajstić information content (AvgIpc) is 2.60. The molecule has 0 aromatic carbocycles. The lowest BCUT2D eigenvalue weighted by atomic mass is 10.1. The molecule has 0 saturated heterocycles. The highest BCUT2D eigenvalue weighted by molar-refractivity contribution is 6.33. The zero-order valence-corrected chi connectivity index (χ0v) is 10.9. The van der Waals surface area contributed by atoms with Crippen molar-refractivity contribution < 1.29 is 9.90 Å². The van der Waals surface area contributed by atoms with E-state index >= 15 is 0 Å². The van der Waals surface area contributed by atoms with Crippen molar-refractivity contribution in [2.75, 3.05) is 5.32 Å². The molecular weight excluding hydrogens is 252 g/mol. The van der Waals surface area contributed by atoms with Crippen LogP contribution in [0.1, 0.15) is 49.0 Å². The largest absolute Gasteiger partial charge is 0.476 e. The molecule has 1 aromatic rings. The molecule has 0 unspecified atom stereocenters. The number of hydrogen-bond acceptors (Lipinski definition) is 3. The van der Waals surface area contributed by atoms with Crippen LogP contribution in [0.25, 0.3) is 0 Å². The van der Waals surface area contributed by atoms with Crippen molar-refractivity contribution >= 4 is 23.4 Å². The summed E-state index contributed by atoms with van der Waals surface area (Å²) in [7, 11) is 0. The van der Waals surface area contributed by atoms with E-state index in [9.17, 15) is 4.79 Å². The Labute approximate surface area is 111 Å². The van der Waals surface area contributed by atoms with E-state index < -0.39 is 5.97 Å². The molecule has 0 atom stereocenters. The number of rotatable bonds is 3. The van der Waals surface area contributed by atoms with Gasteiger partial charge in [0.25, 0.3) is 0 Å². The molecule has 2 N–H and O–H groups in total. The first-order valence-corrected chi connectivity index (χ1v) is 6.71. The third-order valence-electron chi connectivity index (χ3n) is 3.26. The summed E-state index contributed by atoms with van der Waals surface area (Å²) in [5, 5.41) is 12.5. The Morgan fingerprint density at radius 2 is 1.94 bits per heavy atom. The van der Waals surface area contributed by atoms with E-state index in [0.717, 1.165) is 12.8 Å². The van der Waals surface area contributed by atoms with Gasteiger partial charge in [-0.1, -0.05) is 37.3 Å². The lowest BCUT2D eigenvalue weighted by Gasteiger charge is -2.17. The third-order valence-corrected chi connectivity index (χ3v) is 3.56. The summed E-state index contributed by atoms with van der Waals surface area (Å²) in [6.45, 7) is 0. The summed E-state index contributed by atoms with van der Waals surface area (Å²) in [6, 6.07) is 3.71. The number of nitrogens with zero attached hydrogens (tertiary/aromatic N) is 1. The fourth-order valence-corrected chi connectivity index (χ4v) is 2.49. The zero-order valence-electron chi connectivity index (χ0n) is 10.2. The second kappa shape index (κ2) is 6.05. The average molecular weight is 269 g/mol. The molecular formula is C13H17ClN2O2. The third kappa shape index (κ3) is 3.35. The minimum Gasteiger partial charge on any atom is -0.476 e. The van der Waals surface area contributed by atoms with Crippen molar-refractivity contribution in [2.45, 2.75) is 44.6 Å². The van der Waals surface area contributed by atoms with Gasteiger partial charge in [-0.3, -0.25) is 0 Å². The Morgan fingerprint density at radius 3 is 2.56 bits per heavy atom. The molecule has 1 aromatic heterocycles. The first-order valence-electron chi connectivity index (χ1n) is 6.33. The maximum atomic E-state index is 10.9. The quantitative estimate of drug-likeness (QED) is 0.823. The fourth-order valence-electron chi connectivity index (χ4n) is 2.31. The number of halogens is 1. The van der Waals surface area contributed by atoms with Crippen LogP contribution in [-0.4, -0.2) is 22.1 Å².